The third kappa shape index (κ3) is 4.56. The van der Waals surface area contributed by atoms with E-state index >= 15 is 0 Å². The Morgan fingerprint density at radius 2 is 2.29 bits per heavy atom. The summed E-state index contributed by atoms with van der Waals surface area (Å²) < 4.78 is 6.28. The summed E-state index contributed by atoms with van der Waals surface area (Å²) in [6.07, 6.45) is 0.377. The lowest BCUT2D eigenvalue weighted by molar-refractivity contribution is -0.127. The van der Waals surface area contributed by atoms with Crippen LogP contribution in [0.15, 0.2) is 22.7 Å². The SMILES string of the molecule is CCCNC(=O)C(C)Oc1ccc(Cl)cc1Br. The van der Waals surface area contributed by atoms with Crippen molar-refractivity contribution in [1.82, 2.24) is 5.32 Å². The third-order valence-electron chi connectivity index (χ3n) is 2.12. The molecule has 94 valence electrons. The van der Waals surface area contributed by atoms with Gasteiger partial charge in [-0.2, -0.15) is 0 Å². The maximum absolute atomic E-state index is 11.6. The first-order valence-electron chi connectivity index (χ1n) is 5.44. The molecule has 1 amide bonds. The number of carbonyl (C=O) groups excluding carboxylic acids is 1. The molecule has 1 rings (SSSR count). The molecule has 3 nitrogen and oxygen atoms in total. The second-order valence-corrected chi connectivity index (χ2v) is 4.92. The number of halogens is 2. The molecule has 0 aromatic heterocycles. The molecule has 0 aliphatic heterocycles. The first-order chi connectivity index (χ1) is 8.04. The first kappa shape index (κ1) is 14.3. The van der Waals surface area contributed by atoms with Gasteiger partial charge in [0.25, 0.3) is 5.91 Å². The molecule has 1 unspecified atom stereocenters. The molecular weight excluding hydrogens is 305 g/mol. The molecule has 1 aromatic carbocycles. The second kappa shape index (κ2) is 6.87. The summed E-state index contributed by atoms with van der Waals surface area (Å²) in [5.41, 5.74) is 0. The highest BCUT2D eigenvalue weighted by molar-refractivity contribution is 9.10. The van der Waals surface area contributed by atoms with Gasteiger partial charge in [-0.05, 0) is 47.5 Å². The molecule has 0 saturated heterocycles. The zero-order valence-electron chi connectivity index (χ0n) is 9.80. The van der Waals surface area contributed by atoms with Gasteiger partial charge in [0.2, 0.25) is 0 Å². The lowest BCUT2D eigenvalue weighted by Gasteiger charge is -2.15. The molecule has 1 atom stereocenters. The fourth-order valence-corrected chi connectivity index (χ4v) is 1.98. The van der Waals surface area contributed by atoms with Gasteiger partial charge in [-0.3, -0.25) is 4.79 Å². The molecule has 0 fully saturated rings. The average Bonchev–Trinajstić information content (AvgIpc) is 2.29. The quantitative estimate of drug-likeness (QED) is 0.903. The minimum atomic E-state index is -0.529. The van der Waals surface area contributed by atoms with E-state index in [4.69, 9.17) is 16.3 Å². The van der Waals surface area contributed by atoms with Crippen molar-refractivity contribution < 1.29 is 9.53 Å². The van der Waals surface area contributed by atoms with Crippen LogP contribution in [-0.2, 0) is 4.79 Å². The molecule has 0 heterocycles. The molecule has 0 saturated carbocycles. The Kier molecular flexibility index (Phi) is 5.78. The maximum Gasteiger partial charge on any atom is 0.260 e. The Bertz CT molecular complexity index is 398. The summed E-state index contributed by atoms with van der Waals surface area (Å²) >= 11 is 9.16. The van der Waals surface area contributed by atoms with E-state index in [0.29, 0.717) is 17.3 Å². The highest BCUT2D eigenvalue weighted by Crippen LogP contribution is 2.28. The molecule has 5 heteroatoms. The van der Waals surface area contributed by atoms with Gasteiger partial charge < -0.3 is 10.1 Å². The van der Waals surface area contributed by atoms with Crippen LogP contribution >= 0.6 is 27.5 Å². The average molecular weight is 321 g/mol. The van der Waals surface area contributed by atoms with Gasteiger partial charge in [0.05, 0.1) is 4.47 Å². The topological polar surface area (TPSA) is 38.3 Å². The van der Waals surface area contributed by atoms with Gasteiger partial charge in [-0.15, -0.1) is 0 Å². The van der Waals surface area contributed by atoms with Crippen molar-refractivity contribution in [3.8, 4) is 5.75 Å². The van der Waals surface area contributed by atoms with E-state index in [9.17, 15) is 4.79 Å². The number of rotatable bonds is 5. The number of hydrogen-bond acceptors (Lipinski definition) is 2. The number of amides is 1. The number of ether oxygens (including phenoxy) is 1. The lowest BCUT2D eigenvalue weighted by Crippen LogP contribution is -2.36. The Morgan fingerprint density at radius 1 is 1.59 bits per heavy atom. The molecule has 0 aliphatic rings. The van der Waals surface area contributed by atoms with Crippen molar-refractivity contribution in [3.05, 3.63) is 27.7 Å². The smallest absolute Gasteiger partial charge is 0.260 e. The number of benzene rings is 1. The summed E-state index contributed by atoms with van der Waals surface area (Å²) in [6.45, 7) is 4.38. The number of hydrogen-bond donors (Lipinski definition) is 1. The predicted octanol–water partition coefficient (Wildman–Crippen LogP) is 3.40. The Morgan fingerprint density at radius 3 is 2.88 bits per heavy atom. The van der Waals surface area contributed by atoms with Gasteiger partial charge in [0.15, 0.2) is 6.10 Å². The van der Waals surface area contributed by atoms with E-state index in [2.05, 4.69) is 21.2 Å². The minimum absolute atomic E-state index is 0.117. The molecule has 0 spiro atoms. The molecular formula is C12H15BrClNO2. The third-order valence-corrected chi connectivity index (χ3v) is 2.97. The van der Waals surface area contributed by atoms with E-state index in [-0.39, 0.29) is 5.91 Å². The van der Waals surface area contributed by atoms with Crippen molar-refractivity contribution in [1.29, 1.82) is 0 Å². The van der Waals surface area contributed by atoms with Crippen LogP contribution in [0.4, 0.5) is 0 Å². The van der Waals surface area contributed by atoms with E-state index in [1.54, 1.807) is 25.1 Å². The molecule has 1 aromatic rings. The van der Waals surface area contributed by atoms with Crippen molar-refractivity contribution in [2.24, 2.45) is 0 Å². The van der Waals surface area contributed by atoms with E-state index in [1.807, 2.05) is 6.92 Å². The van der Waals surface area contributed by atoms with Gasteiger partial charge >= 0.3 is 0 Å². The Labute approximate surface area is 115 Å². The molecule has 1 N–H and O–H groups in total. The van der Waals surface area contributed by atoms with Gasteiger partial charge in [0, 0.05) is 11.6 Å². The summed E-state index contributed by atoms with van der Waals surface area (Å²) in [6, 6.07) is 5.18. The van der Waals surface area contributed by atoms with Crippen LogP contribution in [0.1, 0.15) is 20.3 Å². The van der Waals surface area contributed by atoms with Crippen molar-refractivity contribution in [2.75, 3.05) is 6.54 Å². The van der Waals surface area contributed by atoms with Gasteiger partial charge in [0.1, 0.15) is 5.75 Å². The predicted molar refractivity (Wildman–Crippen MR) is 72.5 cm³/mol. The van der Waals surface area contributed by atoms with Crippen molar-refractivity contribution >= 4 is 33.4 Å². The van der Waals surface area contributed by atoms with Crippen molar-refractivity contribution in [3.63, 3.8) is 0 Å². The van der Waals surface area contributed by atoms with Crippen LogP contribution in [0.3, 0.4) is 0 Å². The van der Waals surface area contributed by atoms with Crippen molar-refractivity contribution in [2.45, 2.75) is 26.4 Å². The van der Waals surface area contributed by atoms with Crippen LogP contribution in [0.5, 0.6) is 5.75 Å². The monoisotopic (exact) mass is 319 g/mol. The summed E-state index contributed by atoms with van der Waals surface area (Å²) in [5.74, 6) is 0.488. The molecule has 0 bridgehead atoms. The normalized spacial score (nSPS) is 12.0. The van der Waals surface area contributed by atoms with Crippen LogP contribution in [0.25, 0.3) is 0 Å². The fraction of sp³-hybridized carbons (Fsp3) is 0.417. The Hall–Kier alpha value is -0.740. The molecule has 0 aliphatic carbocycles. The van der Waals surface area contributed by atoms with E-state index in [1.165, 1.54) is 0 Å². The Balaban J connectivity index is 2.61. The molecule has 0 radical (unpaired) electrons. The van der Waals surface area contributed by atoms with Crippen LogP contribution < -0.4 is 10.1 Å². The number of nitrogens with one attached hydrogen (secondary N) is 1. The van der Waals surface area contributed by atoms with Crippen LogP contribution in [-0.4, -0.2) is 18.6 Å². The maximum atomic E-state index is 11.6. The van der Waals surface area contributed by atoms with Gasteiger partial charge in [-0.1, -0.05) is 18.5 Å². The highest BCUT2D eigenvalue weighted by Gasteiger charge is 2.15. The molecule has 17 heavy (non-hydrogen) atoms. The zero-order valence-corrected chi connectivity index (χ0v) is 12.1. The second-order valence-electron chi connectivity index (χ2n) is 3.63. The van der Waals surface area contributed by atoms with E-state index < -0.39 is 6.10 Å². The number of carbonyl (C=O) groups is 1. The van der Waals surface area contributed by atoms with Crippen LogP contribution in [0, 0.1) is 0 Å². The highest BCUT2D eigenvalue weighted by atomic mass is 79.9. The largest absolute Gasteiger partial charge is 0.480 e. The standard InChI is InChI=1S/C12H15BrClNO2/c1-3-6-15-12(16)8(2)17-11-5-4-9(14)7-10(11)13/h4-5,7-8H,3,6H2,1-2H3,(H,15,16). The van der Waals surface area contributed by atoms with Gasteiger partial charge in [-0.25, -0.2) is 0 Å². The van der Waals surface area contributed by atoms with Crippen LogP contribution in [0.2, 0.25) is 5.02 Å². The van der Waals surface area contributed by atoms with E-state index in [0.717, 1.165) is 10.9 Å². The fourth-order valence-electron chi connectivity index (χ4n) is 1.21. The summed E-state index contributed by atoms with van der Waals surface area (Å²) in [7, 11) is 0. The lowest BCUT2D eigenvalue weighted by atomic mass is 10.3. The minimum Gasteiger partial charge on any atom is -0.480 e. The summed E-state index contributed by atoms with van der Waals surface area (Å²) in [4.78, 5) is 11.6. The summed E-state index contributed by atoms with van der Waals surface area (Å²) in [5, 5.41) is 3.40. The first-order valence-corrected chi connectivity index (χ1v) is 6.61. The zero-order chi connectivity index (χ0) is 12.8.